The molecule has 7 nitrogen and oxygen atoms in total. The van der Waals surface area contributed by atoms with Crippen molar-refractivity contribution in [1.29, 1.82) is 0 Å². The molecule has 26 heavy (non-hydrogen) atoms. The largest absolute Gasteiger partial charge is 0.497 e. The van der Waals surface area contributed by atoms with Crippen molar-refractivity contribution < 1.29 is 14.3 Å². The number of piperazine rings is 1. The first-order valence-electron chi connectivity index (χ1n) is 9.17. The molecule has 1 fully saturated rings. The quantitative estimate of drug-likeness (QED) is 0.696. The molecule has 0 radical (unpaired) electrons. The molecule has 1 aromatic carbocycles. The smallest absolute Gasteiger partial charge is 0.309 e. The van der Waals surface area contributed by atoms with Gasteiger partial charge in [-0.25, -0.2) is 0 Å². The lowest BCUT2D eigenvalue weighted by Crippen LogP contribution is -2.49. The average molecular weight is 362 g/mol. The van der Waals surface area contributed by atoms with Crippen LogP contribution in [-0.2, 0) is 9.59 Å². The summed E-state index contributed by atoms with van der Waals surface area (Å²) >= 11 is 0. The van der Waals surface area contributed by atoms with E-state index in [9.17, 15) is 9.59 Å². The van der Waals surface area contributed by atoms with Gasteiger partial charge in [-0.2, -0.15) is 0 Å². The minimum atomic E-state index is -0.578. The maximum atomic E-state index is 12.1. The standard InChI is InChI=1S/C19H30N4O3/c1-4-9-20-18(24)19(25)21-14-17(23-12-10-22(2)11-13-23)15-5-7-16(26-3)8-6-15/h5-8,17H,4,9-14H2,1-3H3,(H,20,24)(H,21,25). The van der Waals surface area contributed by atoms with Crippen LogP contribution in [-0.4, -0.2) is 75.0 Å². The Labute approximate surface area is 155 Å². The molecule has 144 valence electrons. The molecular weight excluding hydrogens is 332 g/mol. The highest BCUT2D eigenvalue weighted by Gasteiger charge is 2.25. The highest BCUT2D eigenvalue weighted by molar-refractivity contribution is 6.35. The van der Waals surface area contributed by atoms with E-state index in [1.54, 1.807) is 7.11 Å². The van der Waals surface area contributed by atoms with Gasteiger partial charge in [0.15, 0.2) is 0 Å². The summed E-state index contributed by atoms with van der Waals surface area (Å²) in [5.74, 6) is -0.348. The number of hydrogen-bond donors (Lipinski definition) is 2. The summed E-state index contributed by atoms with van der Waals surface area (Å²) in [5.41, 5.74) is 1.10. The van der Waals surface area contributed by atoms with Gasteiger partial charge in [0.05, 0.1) is 13.2 Å². The zero-order valence-corrected chi connectivity index (χ0v) is 16.0. The first-order chi connectivity index (χ1) is 12.5. The van der Waals surface area contributed by atoms with Crippen LogP contribution in [0.25, 0.3) is 0 Å². The number of hydrogen-bond acceptors (Lipinski definition) is 5. The van der Waals surface area contributed by atoms with Crippen LogP contribution in [0.15, 0.2) is 24.3 Å². The molecule has 2 N–H and O–H groups in total. The molecule has 2 rings (SSSR count). The van der Waals surface area contributed by atoms with Gasteiger partial charge in [0.25, 0.3) is 0 Å². The van der Waals surface area contributed by atoms with Crippen molar-refractivity contribution in [3.63, 3.8) is 0 Å². The molecule has 1 unspecified atom stereocenters. The Kier molecular flexibility index (Phi) is 7.87. The van der Waals surface area contributed by atoms with Crippen molar-refractivity contribution >= 4 is 11.8 Å². The Bertz CT molecular complexity index is 583. The van der Waals surface area contributed by atoms with Gasteiger partial charge < -0.3 is 20.3 Å². The van der Waals surface area contributed by atoms with Gasteiger partial charge in [0.1, 0.15) is 5.75 Å². The molecule has 1 heterocycles. The Balaban J connectivity index is 2.05. The van der Waals surface area contributed by atoms with Gasteiger partial charge in [-0.3, -0.25) is 14.5 Å². The minimum Gasteiger partial charge on any atom is -0.497 e. The van der Waals surface area contributed by atoms with Crippen molar-refractivity contribution in [2.75, 3.05) is 53.4 Å². The maximum absolute atomic E-state index is 12.1. The van der Waals surface area contributed by atoms with Crippen LogP contribution < -0.4 is 15.4 Å². The highest BCUT2D eigenvalue weighted by Crippen LogP contribution is 2.23. The van der Waals surface area contributed by atoms with Crippen LogP contribution in [0.2, 0.25) is 0 Å². The Hall–Kier alpha value is -2.12. The first kappa shape index (κ1) is 20.2. The normalized spacial score (nSPS) is 16.7. The number of amides is 2. The second-order valence-corrected chi connectivity index (χ2v) is 6.59. The molecule has 1 aliphatic rings. The van der Waals surface area contributed by atoms with Crippen molar-refractivity contribution in [2.24, 2.45) is 0 Å². The molecule has 0 aromatic heterocycles. The number of nitrogens with one attached hydrogen (secondary N) is 2. The number of likely N-dealkylation sites (N-methyl/N-ethyl adjacent to an activating group) is 1. The molecule has 7 heteroatoms. The number of benzene rings is 1. The lowest BCUT2D eigenvalue weighted by molar-refractivity contribution is -0.139. The number of carbonyl (C=O) groups is 2. The Morgan fingerprint density at radius 1 is 1.08 bits per heavy atom. The Morgan fingerprint density at radius 3 is 2.27 bits per heavy atom. The fourth-order valence-electron chi connectivity index (χ4n) is 3.01. The second-order valence-electron chi connectivity index (χ2n) is 6.59. The van der Waals surface area contributed by atoms with E-state index >= 15 is 0 Å². The third-order valence-corrected chi connectivity index (χ3v) is 4.68. The molecule has 1 aliphatic heterocycles. The van der Waals surface area contributed by atoms with Gasteiger partial charge in [0.2, 0.25) is 0 Å². The molecule has 0 aliphatic carbocycles. The predicted octanol–water partition coefficient (Wildman–Crippen LogP) is 0.626. The van der Waals surface area contributed by atoms with Crippen LogP contribution in [0.5, 0.6) is 5.75 Å². The Morgan fingerprint density at radius 2 is 1.69 bits per heavy atom. The van der Waals surface area contributed by atoms with E-state index in [1.165, 1.54) is 0 Å². The van der Waals surface area contributed by atoms with Crippen LogP contribution in [0.4, 0.5) is 0 Å². The maximum Gasteiger partial charge on any atom is 0.309 e. The van der Waals surface area contributed by atoms with Crippen LogP contribution in [0, 0.1) is 0 Å². The van der Waals surface area contributed by atoms with E-state index < -0.39 is 11.8 Å². The van der Waals surface area contributed by atoms with Crippen molar-refractivity contribution in [3.8, 4) is 5.75 Å². The van der Waals surface area contributed by atoms with Gasteiger partial charge >= 0.3 is 11.8 Å². The van der Waals surface area contributed by atoms with E-state index in [4.69, 9.17) is 4.74 Å². The highest BCUT2D eigenvalue weighted by atomic mass is 16.5. The molecule has 1 atom stereocenters. The molecule has 2 amide bonds. The SMILES string of the molecule is CCCNC(=O)C(=O)NCC(c1ccc(OC)cc1)N1CCN(C)CC1. The van der Waals surface area contributed by atoms with E-state index in [0.717, 1.165) is 43.9 Å². The summed E-state index contributed by atoms with van der Waals surface area (Å²) in [6.07, 6.45) is 0.800. The summed E-state index contributed by atoms with van der Waals surface area (Å²) in [6.45, 7) is 6.66. The lowest BCUT2D eigenvalue weighted by atomic mass is 10.0. The first-order valence-corrected chi connectivity index (χ1v) is 9.17. The fourth-order valence-corrected chi connectivity index (χ4v) is 3.01. The second kappa shape index (κ2) is 10.1. The lowest BCUT2D eigenvalue weighted by Gasteiger charge is -2.38. The van der Waals surface area contributed by atoms with E-state index in [2.05, 4.69) is 27.5 Å². The zero-order valence-electron chi connectivity index (χ0n) is 16.0. The number of carbonyl (C=O) groups excluding carboxylic acids is 2. The predicted molar refractivity (Wildman–Crippen MR) is 101 cm³/mol. The van der Waals surface area contributed by atoms with Gasteiger partial charge in [-0.15, -0.1) is 0 Å². The minimum absolute atomic E-state index is 0.0255. The van der Waals surface area contributed by atoms with Crippen molar-refractivity contribution in [1.82, 2.24) is 20.4 Å². The molecule has 0 spiro atoms. The molecular formula is C19H30N4O3. The van der Waals surface area contributed by atoms with Gasteiger partial charge in [-0.05, 0) is 31.2 Å². The molecule has 1 saturated heterocycles. The third kappa shape index (κ3) is 5.71. The van der Waals surface area contributed by atoms with Crippen LogP contribution >= 0.6 is 0 Å². The molecule has 0 saturated carbocycles. The number of ether oxygens (including phenoxy) is 1. The van der Waals surface area contributed by atoms with Gasteiger partial charge in [0, 0.05) is 39.3 Å². The van der Waals surface area contributed by atoms with E-state index in [0.29, 0.717) is 13.1 Å². The number of methoxy groups -OCH3 is 1. The average Bonchev–Trinajstić information content (AvgIpc) is 2.67. The number of rotatable bonds is 7. The molecule has 0 bridgehead atoms. The van der Waals surface area contributed by atoms with E-state index in [1.807, 2.05) is 31.2 Å². The summed E-state index contributed by atoms with van der Waals surface area (Å²) in [4.78, 5) is 28.5. The monoisotopic (exact) mass is 362 g/mol. The summed E-state index contributed by atoms with van der Waals surface area (Å²) in [7, 11) is 3.75. The van der Waals surface area contributed by atoms with Crippen LogP contribution in [0.3, 0.4) is 0 Å². The summed E-state index contributed by atoms with van der Waals surface area (Å²) < 4.78 is 5.23. The summed E-state index contributed by atoms with van der Waals surface area (Å²) in [5, 5.41) is 5.40. The zero-order chi connectivity index (χ0) is 18.9. The molecule has 1 aromatic rings. The fraction of sp³-hybridized carbons (Fsp3) is 0.579. The van der Waals surface area contributed by atoms with E-state index in [-0.39, 0.29) is 6.04 Å². The van der Waals surface area contributed by atoms with Crippen LogP contribution in [0.1, 0.15) is 24.9 Å². The number of nitrogens with zero attached hydrogens (tertiary/aromatic N) is 2. The third-order valence-electron chi connectivity index (χ3n) is 4.68. The van der Waals surface area contributed by atoms with Crippen molar-refractivity contribution in [2.45, 2.75) is 19.4 Å². The van der Waals surface area contributed by atoms with Crippen molar-refractivity contribution in [3.05, 3.63) is 29.8 Å². The topological polar surface area (TPSA) is 73.9 Å². The van der Waals surface area contributed by atoms with Gasteiger partial charge in [-0.1, -0.05) is 19.1 Å². The summed E-state index contributed by atoms with van der Waals surface area (Å²) in [6, 6.07) is 7.91.